The Kier molecular flexibility index (Phi) is 5.61. The van der Waals surface area contributed by atoms with Gasteiger partial charge in [-0.25, -0.2) is 0 Å². The largest absolute Gasteiger partial charge is 0.496 e. The summed E-state index contributed by atoms with van der Waals surface area (Å²) in [6, 6.07) is 5.15. The number of hydrogen-bond acceptors (Lipinski definition) is 4. The number of hydrogen-bond donors (Lipinski definition) is 3. The van der Waals surface area contributed by atoms with E-state index in [2.05, 4.69) is 10.6 Å². The van der Waals surface area contributed by atoms with Gasteiger partial charge in [0.15, 0.2) is 0 Å². The van der Waals surface area contributed by atoms with Crippen molar-refractivity contribution in [1.29, 1.82) is 0 Å². The zero-order valence-electron chi connectivity index (χ0n) is 11.0. The van der Waals surface area contributed by atoms with Crippen molar-refractivity contribution in [2.45, 2.75) is 19.9 Å². The lowest BCUT2D eigenvalue weighted by Crippen LogP contribution is -2.24. The van der Waals surface area contributed by atoms with Crippen LogP contribution in [0.4, 0.5) is 5.69 Å². The molecule has 0 spiro atoms. The van der Waals surface area contributed by atoms with E-state index in [0.717, 1.165) is 12.1 Å². The molecule has 3 N–H and O–H groups in total. The summed E-state index contributed by atoms with van der Waals surface area (Å²) in [4.78, 5) is 11.0. The highest BCUT2D eigenvalue weighted by atomic mass is 16.5. The number of ether oxygens (including phenoxy) is 1. The maximum Gasteiger partial charge on any atom is 0.221 e. The molecule has 0 heterocycles. The topological polar surface area (TPSA) is 70.6 Å². The van der Waals surface area contributed by atoms with E-state index in [1.54, 1.807) is 19.2 Å². The van der Waals surface area contributed by atoms with Gasteiger partial charge in [0.1, 0.15) is 5.75 Å². The second-order valence-corrected chi connectivity index (χ2v) is 3.93. The first-order valence-corrected chi connectivity index (χ1v) is 5.92. The van der Waals surface area contributed by atoms with Crippen LogP contribution in [0.2, 0.25) is 0 Å². The molecule has 0 fully saturated rings. The molecule has 1 aromatic carbocycles. The Hall–Kier alpha value is -1.59. The number of methoxy groups -OCH3 is 1. The Bertz CT molecular complexity index is 407. The smallest absolute Gasteiger partial charge is 0.221 e. The van der Waals surface area contributed by atoms with E-state index in [1.807, 2.05) is 13.0 Å². The fraction of sp³-hybridized carbons (Fsp3) is 0.462. The summed E-state index contributed by atoms with van der Waals surface area (Å²) in [5.41, 5.74) is 1.52. The third kappa shape index (κ3) is 3.72. The number of amides is 1. The Morgan fingerprint density at radius 3 is 2.72 bits per heavy atom. The molecule has 0 saturated heterocycles. The molecule has 0 bridgehead atoms. The molecule has 0 aromatic heterocycles. The van der Waals surface area contributed by atoms with E-state index in [0.29, 0.717) is 11.4 Å². The van der Waals surface area contributed by atoms with Crippen LogP contribution in [-0.2, 0) is 4.79 Å². The van der Waals surface area contributed by atoms with Crippen LogP contribution < -0.4 is 15.4 Å². The highest BCUT2D eigenvalue weighted by molar-refractivity contribution is 5.88. The SMILES string of the molecule is CCNC(CO)c1cc(NC(C)=O)ccc1OC. The Balaban J connectivity index is 3.07. The fourth-order valence-corrected chi connectivity index (χ4v) is 1.81. The highest BCUT2D eigenvalue weighted by Gasteiger charge is 2.15. The molecular weight excluding hydrogens is 232 g/mol. The van der Waals surface area contributed by atoms with Crippen molar-refractivity contribution >= 4 is 11.6 Å². The van der Waals surface area contributed by atoms with E-state index in [9.17, 15) is 9.90 Å². The monoisotopic (exact) mass is 252 g/mol. The summed E-state index contributed by atoms with van der Waals surface area (Å²) in [7, 11) is 1.58. The summed E-state index contributed by atoms with van der Waals surface area (Å²) in [6.07, 6.45) is 0. The molecule has 0 saturated carbocycles. The van der Waals surface area contributed by atoms with Crippen molar-refractivity contribution in [2.75, 3.05) is 25.6 Å². The van der Waals surface area contributed by atoms with Crippen molar-refractivity contribution in [3.63, 3.8) is 0 Å². The molecule has 1 aromatic rings. The van der Waals surface area contributed by atoms with Gasteiger partial charge in [0.05, 0.1) is 19.8 Å². The number of aliphatic hydroxyl groups excluding tert-OH is 1. The van der Waals surface area contributed by atoms with E-state index in [-0.39, 0.29) is 18.6 Å². The second kappa shape index (κ2) is 6.98. The predicted molar refractivity (Wildman–Crippen MR) is 70.8 cm³/mol. The maximum absolute atomic E-state index is 11.0. The van der Waals surface area contributed by atoms with E-state index in [4.69, 9.17) is 4.74 Å². The van der Waals surface area contributed by atoms with Crippen molar-refractivity contribution < 1.29 is 14.6 Å². The Morgan fingerprint density at radius 2 is 2.22 bits per heavy atom. The number of likely N-dealkylation sites (N-methyl/N-ethyl adjacent to an activating group) is 1. The summed E-state index contributed by atoms with van der Waals surface area (Å²) < 4.78 is 5.27. The molecule has 100 valence electrons. The maximum atomic E-state index is 11.0. The standard InChI is InChI=1S/C13H20N2O3/c1-4-14-12(8-16)11-7-10(15-9(2)17)5-6-13(11)18-3/h5-7,12,14,16H,4,8H2,1-3H3,(H,15,17). The zero-order chi connectivity index (χ0) is 13.5. The van der Waals surface area contributed by atoms with Gasteiger partial charge in [-0.05, 0) is 24.7 Å². The van der Waals surface area contributed by atoms with Gasteiger partial charge in [-0.15, -0.1) is 0 Å². The van der Waals surface area contributed by atoms with Crippen LogP contribution in [0.1, 0.15) is 25.5 Å². The number of benzene rings is 1. The van der Waals surface area contributed by atoms with Gasteiger partial charge < -0.3 is 20.5 Å². The first-order valence-electron chi connectivity index (χ1n) is 5.92. The van der Waals surface area contributed by atoms with Crippen molar-refractivity contribution in [2.24, 2.45) is 0 Å². The van der Waals surface area contributed by atoms with Gasteiger partial charge in [-0.1, -0.05) is 6.92 Å². The van der Waals surface area contributed by atoms with Crippen LogP contribution in [0.25, 0.3) is 0 Å². The van der Waals surface area contributed by atoms with Crippen LogP contribution in [-0.4, -0.2) is 31.3 Å². The lowest BCUT2D eigenvalue weighted by Gasteiger charge is -2.19. The summed E-state index contributed by atoms with van der Waals surface area (Å²) >= 11 is 0. The summed E-state index contributed by atoms with van der Waals surface area (Å²) in [5.74, 6) is 0.555. The number of rotatable bonds is 6. The molecule has 1 unspecified atom stereocenters. The number of carbonyl (C=O) groups excluding carboxylic acids is 1. The molecule has 0 aliphatic rings. The molecule has 0 aliphatic carbocycles. The van der Waals surface area contributed by atoms with Gasteiger partial charge in [0.25, 0.3) is 0 Å². The van der Waals surface area contributed by atoms with Crippen LogP contribution >= 0.6 is 0 Å². The highest BCUT2D eigenvalue weighted by Crippen LogP contribution is 2.28. The molecule has 18 heavy (non-hydrogen) atoms. The molecule has 5 heteroatoms. The minimum atomic E-state index is -0.210. The van der Waals surface area contributed by atoms with Crippen LogP contribution in [0, 0.1) is 0 Å². The van der Waals surface area contributed by atoms with Gasteiger partial charge in [0, 0.05) is 18.2 Å². The van der Waals surface area contributed by atoms with Crippen LogP contribution in [0.15, 0.2) is 18.2 Å². The molecule has 1 rings (SSSR count). The lowest BCUT2D eigenvalue weighted by atomic mass is 10.1. The van der Waals surface area contributed by atoms with E-state index < -0.39 is 0 Å². The predicted octanol–water partition coefficient (Wildman–Crippen LogP) is 1.30. The van der Waals surface area contributed by atoms with Crippen molar-refractivity contribution in [3.05, 3.63) is 23.8 Å². The van der Waals surface area contributed by atoms with Gasteiger partial charge >= 0.3 is 0 Å². The molecule has 0 aliphatic heterocycles. The normalized spacial score (nSPS) is 12.0. The summed E-state index contributed by atoms with van der Waals surface area (Å²) in [6.45, 7) is 4.12. The fourth-order valence-electron chi connectivity index (χ4n) is 1.81. The minimum absolute atomic E-state index is 0.0340. The third-order valence-corrected chi connectivity index (χ3v) is 2.56. The lowest BCUT2D eigenvalue weighted by molar-refractivity contribution is -0.114. The van der Waals surface area contributed by atoms with E-state index in [1.165, 1.54) is 6.92 Å². The minimum Gasteiger partial charge on any atom is -0.496 e. The van der Waals surface area contributed by atoms with Gasteiger partial charge in [-0.3, -0.25) is 4.79 Å². The van der Waals surface area contributed by atoms with Crippen LogP contribution in [0.3, 0.4) is 0 Å². The number of aliphatic hydroxyl groups is 1. The van der Waals surface area contributed by atoms with Crippen molar-refractivity contribution in [1.82, 2.24) is 5.32 Å². The van der Waals surface area contributed by atoms with Gasteiger partial charge in [0.2, 0.25) is 5.91 Å². The molecule has 1 amide bonds. The molecule has 1 atom stereocenters. The molecular formula is C13H20N2O3. The first kappa shape index (κ1) is 14.5. The number of carbonyl (C=O) groups is 1. The molecule has 0 radical (unpaired) electrons. The zero-order valence-corrected chi connectivity index (χ0v) is 11.0. The average molecular weight is 252 g/mol. The quantitative estimate of drug-likeness (QED) is 0.713. The van der Waals surface area contributed by atoms with Crippen LogP contribution in [0.5, 0.6) is 5.75 Å². The first-order chi connectivity index (χ1) is 8.62. The van der Waals surface area contributed by atoms with Crippen molar-refractivity contribution in [3.8, 4) is 5.75 Å². The summed E-state index contributed by atoms with van der Waals surface area (Å²) in [5, 5.41) is 15.3. The van der Waals surface area contributed by atoms with E-state index >= 15 is 0 Å². The second-order valence-electron chi connectivity index (χ2n) is 3.93. The van der Waals surface area contributed by atoms with Gasteiger partial charge in [-0.2, -0.15) is 0 Å². The number of nitrogens with one attached hydrogen (secondary N) is 2. The Labute approximate surface area is 107 Å². The number of anilines is 1. The average Bonchev–Trinajstić information content (AvgIpc) is 2.35. The third-order valence-electron chi connectivity index (χ3n) is 2.56. The molecule has 5 nitrogen and oxygen atoms in total. The Morgan fingerprint density at radius 1 is 1.50 bits per heavy atom.